The number of hydrogen-bond donors (Lipinski definition) is 1. The van der Waals surface area contributed by atoms with Gasteiger partial charge in [0.25, 0.3) is 0 Å². The summed E-state index contributed by atoms with van der Waals surface area (Å²) in [6, 6.07) is 0.245. The van der Waals surface area contributed by atoms with E-state index in [9.17, 15) is 0 Å². The Morgan fingerprint density at radius 1 is 1.42 bits per heavy atom. The molecule has 2 N–H and O–H groups in total. The first-order chi connectivity index (χ1) is 5.66. The Morgan fingerprint density at radius 2 is 2.08 bits per heavy atom. The SMILES string of the molecule is CC1=C/C(=C2/CC2N)OC(C)=C1. The molecule has 1 atom stereocenters. The lowest BCUT2D eigenvalue weighted by Gasteiger charge is -2.12. The van der Waals surface area contributed by atoms with E-state index < -0.39 is 0 Å². The summed E-state index contributed by atoms with van der Waals surface area (Å²) in [4.78, 5) is 0. The van der Waals surface area contributed by atoms with E-state index in [4.69, 9.17) is 10.5 Å². The van der Waals surface area contributed by atoms with Crippen LogP contribution in [0.4, 0.5) is 0 Å². The van der Waals surface area contributed by atoms with Crippen molar-refractivity contribution in [2.75, 3.05) is 0 Å². The Morgan fingerprint density at radius 3 is 2.58 bits per heavy atom. The molecule has 2 aliphatic rings. The van der Waals surface area contributed by atoms with Gasteiger partial charge in [-0.05, 0) is 43.6 Å². The first-order valence-electron chi connectivity index (χ1n) is 4.20. The van der Waals surface area contributed by atoms with Gasteiger partial charge >= 0.3 is 0 Å². The van der Waals surface area contributed by atoms with Crippen LogP contribution in [0.1, 0.15) is 20.3 Å². The lowest BCUT2D eigenvalue weighted by Crippen LogP contribution is -2.01. The van der Waals surface area contributed by atoms with Gasteiger partial charge in [-0.25, -0.2) is 0 Å². The molecule has 12 heavy (non-hydrogen) atoms. The Balaban J connectivity index is 2.29. The summed E-state index contributed by atoms with van der Waals surface area (Å²) in [5.74, 6) is 1.93. The Kier molecular flexibility index (Phi) is 1.58. The molecule has 1 saturated carbocycles. The van der Waals surface area contributed by atoms with Crippen LogP contribution in [0.15, 0.2) is 34.8 Å². The van der Waals surface area contributed by atoms with Crippen molar-refractivity contribution in [1.82, 2.24) is 0 Å². The van der Waals surface area contributed by atoms with E-state index >= 15 is 0 Å². The fourth-order valence-corrected chi connectivity index (χ4v) is 1.42. The molecule has 1 fully saturated rings. The zero-order valence-corrected chi connectivity index (χ0v) is 7.42. The highest BCUT2D eigenvalue weighted by Crippen LogP contribution is 2.34. The van der Waals surface area contributed by atoms with Crippen molar-refractivity contribution in [3.63, 3.8) is 0 Å². The molecule has 64 valence electrons. The molecule has 2 heteroatoms. The van der Waals surface area contributed by atoms with Crippen LogP contribution in [-0.4, -0.2) is 6.04 Å². The van der Waals surface area contributed by atoms with Crippen LogP contribution in [0.5, 0.6) is 0 Å². The van der Waals surface area contributed by atoms with Crippen molar-refractivity contribution < 1.29 is 4.74 Å². The summed E-state index contributed by atoms with van der Waals surface area (Å²) in [6.45, 7) is 4.03. The third-order valence-corrected chi connectivity index (χ3v) is 2.10. The second-order valence-electron chi connectivity index (χ2n) is 3.45. The lowest BCUT2D eigenvalue weighted by molar-refractivity contribution is 0.315. The second kappa shape index (κ2) is 2.49. The molecule has 1 heterocycles. The van der Waals surface area contributed by atoms with Gasteiger partial charge < -0.3 is 10.5 Å². The summed E-state index contributed by atoms with van der Waals surface area (Å²) in [7, 11) is 0. The number of allylic oxidation sites excluding steroid dienone is 4. The van der Waals surface area contributed by atoms with Crippen LogP contribution in [0.25, 0.3) is 0 Å². The average Bonchev–Trinajstić information content (AvgIpc) is 2.64. The predicted octanol–water partition coefficient (Wildman–Crippen LogP) is 1.85. The normalized spacial score (nSPS) is 33.8. The van der Waals surface area contributed by atoms with Crippen LogP contribution in [0.2, 0.25) is 0 Å². The molecule has 2 nitrogen and oxygen atoms in total. The number of rotatable bonds is 0. The number of ether oxygens (including phenoxy) is 1. The van der Waals surface area contributed by atoms with E-state index in [1.54, 1.807) is 0 Å². The van der Waals surface area contributed by atoms with E-state index in [1.165, 1.54) is 11.1 Å². The van der Waals surface area contributed by atoms with Gasteiger partial charge in [0.1, 0.15) is 11.5 Å². The summed E-state index contributed by atoms with van der Waals surface area (Å²) < 4.78 is 5.54. The maximum absolute atomic E-state index is 5.70. The Labute approximate surface area is 72.4 Å². The van der Waals surface area contributed by atoms with Crippen molar-refractivity contribution in [3.8, 4) is 0 Å². The van der Waals surface area contributed by atoms with Crippen LogP contribution in [-0.2, 0) is 4.74 Å². The van der Waals surface area contributed by atoms with Gasteiger partial charge in [-0.2, -0.15) is 0 Å². The molecule has 0 aromatic rings. The molecule has 0 amide bonds. The summed E-state index contributed by atoms with van der Waals surface area (Å²) in [5, 5.41) is 0. The van der Waals surface area contributed by atoms with E-state index in [0.29, 0.717) is 0 Å². The molecule has 0 aromatic carbocycles. The molecule has 0 bridgehead atoms. The first-order valence-corrected chi connectivity index (χ1v) is 4.20. The highest BCUT2D eigenvalue weighted by atomic mass is 16.5. The van der Waals surface area contributed by atoms with Crippen molar-refractivity contribution >= 4 is 0 Å². The highest BCUT2D eigenvalue weighted by Gasteiger charge is 2.30. The van der Waals surface area contributed by atoms with Gasteiger partial charge in [-0.15, -0.1) is 0 Å². The Bertz CT molecular complexity index is 310. The summed E-state index contributed by atoms with van der Waals surface area (Å²) in [6.07, 6.45) is 5.07. The van der Waals surface area contributed by atoms with Crippen LogP contribution in [0.3, 0.4) is 0 Å². The van der Waals surface area contributed by atoms with Gasteiger partial charge in [0.15, 0.2) is 0 Å². The molecule has 1 unspecified atom stereocenters. The van der Waals surface area contributed by atoms with Gasteiger partial charge in [0, 0.05) is 6.04 Å². The molecule has 1 aliphatic heterocycles. The number of nitrogens with two attached hydrogens (primary N) is 1. The molecular weight excluding hydrogens is 150 g/mol. The quantitative estimate of drug-likeness (QED) is 0.591. The van der Waals surface area contributed by atoms with E-state index in [-0.39, 0.29) is 6.04 Å². The number of hydrogen-bond acceptors (Lipinski definition) is 2. The first kappa shape index (κ1) is 7.62. The lowest BCUT2D eigenvalue weighted by atomic mass is 10.2. The monoisotopic (exact) mass is 163 g/mol. The molecule has 0 aromatic heterocycles. The largest absolute Gasteiger partial charge is 0.462 e. The summed E-state index contributed by atoms with van der Waals surface area (Å²) in [5.41, 5.74) is 8.19. The van der Waals surface area contributed by atoms with E-state index in [1.807, 2.05) is 13.0 Å². The topological polar surface area (TPSA) is 35.2 Å². The molecule has 0 spiro atoms. The zero-order valence-electron chi connectivity index (χ0n) is 7.42. The van der Waals surface area contributed by atoms with Crippen molar-refractivity contribution in [2.45, 2.75) is 26.3 Å². The highest BCUT2D eigenvalue weighted by molar-refractivity contribution is 5.42. The summed E-state index contributed by atoms with van der Waals surface area (Å²) >= 11 is 0. The predicted molar refractivity (Wildman–Crippen MR) is 48.2 cm³/mol. The molecule has 1 aliphatic carbocycles. The zero-order chi connectivity index (χ0) is 8.72. The van der Waals surface area contributed by atoms with E-state index in [0.717, 1.165) is 17.9 Å². The maximum Gasteiger partial charge on any atom is 0.128 e. The van der Waals surface area contributed by atoms with Gasteiger partial charge in [0.2, 0.25) is 0 Å². The fourth-order valence-electron chi connectivity index (χ4n) is 1.42. The van der Waals surface area contributed by atoms with Gasteiger partial charge in [-0.3, -0.25) is 0 Å². The van der Waals surface area contributed by atoms with E-state index in [2.05, 4.69) is 13.0 Å². The standard InChI is InChI=1S/C10H13NO/c1-6-3-7(2)12-10(4-6)8-5-9(8)11/h3-4,9H,5,11H2,1-2H3/b10-8+. The van der Waals surface area contributed by atoms with Crippen LogP contribution in [0, 0.1) is 0 Å². The minimum atomic E-state index is 0.245. The van der Waals surface area contributed by atoms with Crippen LogP contribution >= 0.6 is 0 Å². The molecular formula is C10H13NO. The fraction of sp³-hybridized carbons (Fsp3) is 0.400. The van der Waals surface area contributed by atoms with Crippen molar-refractivity contribution in [3.05, 3.63) is 34.8 Å². The third kappa shape index (κ3) is 1.30. The van der Waals surface area contributed by atoms with Gasteiger partial charge in [-0.1, -0.05) is 0 Å². The Hall–Kier alpha value is -1.02. The smallest absolute Gasteiger partial charge is 0.128 e. The molecule has 0 saturated heterocycles. The molecule has 0 radical (unpaired) electrons. The minimum Gasteiger partial charge on any atom is -0.462 e. The minimum absolute atomic E-state index is 0.245. The third-order valence-electron chi connectivity index (χ3n) is 2.10. The van der Waals surface area contributed by atoms with Crippen molar-refractivity contribution in [2.24, 2.45) is 5.73 Å². The second-order valence-corrected chi connectivity index (χ2v) is 3.45. The van der Waals surface area contributed by atoms with Crippen molar-refractivity contribution in [1.29, 1.82) is 0 Å². The van der Waals surface area contributed by atoms with Crippen LogP contribution < -0.4 is 5.73 Å². The van der Waals surface area contributed by atoms with Gasteiger partial charge in [0.05, 0.1) is 0 Å². The maximum atomic E-state index is 5.70. The molecule has 2 rings (SSSR count). The average molecular weight is 163 g/mol.